The molecular weight excluding hydrogens is 550 g/mol. The van der Waals surface area contributed by atoms with Crippen molar-refractivity contribution in [2.24, 2.45) is 0 Å². The second-order valence-corrected chi connectivity index (χ2v) is 11.6. The number of carbonyl (C=O) groups is 2. The first kappa shape index (κ1) is 32.9. The summed E-state index contributed by atoms with van der Waals surface area (Å²) in [5.74, 6) is 0.510. The van der Waals surface area contributed by atoms with Crippen LogP contribution in [-0.2, 0) is 4.79 Å². The molecule has 2 aromatic carbocycles. The Kier molecular flexibility index (Phi) is 12.1. The number of hydrogen-bond acceptors (Lipinski definition) is 6. The number of urea groups is 1. The first-order chi connectivity index (χ1) is 21.5. The van der Waals surface area contributed by atoms with Gasteiger partial charge < -0.3 is 10.6 Å². The Hall–Kier alpha value is -3.98. The van der Waals surface area contributed by atoms with Gasteiger partial charge in [0.1, 0.15) is 0 Å². The Morgan fingerprint density at radius 2 is 1.80 bits per heavy atom. The second kappa shape index (κ2) is 16.2. The molecule has 3 heterocycles. The number of amides is 3. The fraction of sp³-hybridized carbons (Fsp3) is 0.486. The molecule has 2 fully saturated rings. The molecule has 2 aliphatic rings. The molecule has 1 saturated carbocycles. The molecule has 1 saturated heterocycles. The minimum atomic E-state index is -0.416. The number of benzene rings is 2. The van der Waals surface area contributed by atoms with Crippen molar-refractivity contribution < 1.29 is 9.59 Å². The third-order valence-corrected chi connectivity index (χ3v) is 8.64. The van der Waals surface area contributed by atoms with Gasteiger partial charge in [0.25, 0.3) is 0 Å². The maximum absolute atomic E-state index is 12.4. The van der Waals surface area contributed by atoms with E-state index in [0.29, 0.717) is 24.9 Å². The lowest BCUT2D eigenvalue weighted by Crippen LogP contribution is -2.40. The van der Waals surface area contributed by atoms with Crippen molar-refractivity contribution in [2.75, 3.05) is 37.3 Å². The average Bonchev–Trinajstić information content (AvgIpc) is 3.49. The highest BCUT2D eigenvalue weighted by molar-refractivity contribution is 6.05. The molecule has 236 valence electrons. The molecule has 2 aromatic heterocycles. The fourth-order valence-corrected chi connectivity index (χ4v) is 6.37. The van der Waals surface area contributed by atoms with E-state index in [2.05, 4.69) is 50.4 Å². The number of carbonyl (C=O) groups excluding carboxylic acids is 2. The van der Waals surface area contributed by atoms with E-state index in [0.717, 1.165) is 65.4 Å². The Morgan fingerprint density at radius 1 is 1.05 bits per heavy atom. The SMILES string of the molecule is CC.CCCN(C(=O)NC=O)c1cncc2c(C3CCN(C)CC3)cccc12.Nc1ccc2nn(C3CCCCC3)cc2c1. The molecule has 0 unspecified atom stereocenters. The van der Waals surface area contributed by atoms with E-state index in [1.807, 2.05) is 51.2 Å². The molecule has 6 rings (SSSR count). The van der Waals surface area contributed by atoms with Crippen LogP contribution in [0.5, 0.6) is 0 Å². The summed E-state index contributed by atoms with van der Waals surface area (Å²) in [6.45, 7) is 8.72. The summed E-state index contributed by atoms with van der Waals surface area (Å²) in [7, 11) is 2.16. The molecule has 1 aliphatic carbocycles. The Bertz CT molecular complexity index is 1500. The largest absolute Gasteiger partial charge is 0.399 e. The van der Waals surface area contributed by atoms with E-state index in [9.17, 15) is 9.59 Å². The zero-order chi connectivity index (χ0) is 31.5. The van der Waals surface area contributed by atoms with Crippen molar-refractivity contribution in [3.8, 4) is 0 Å². The predicted molar refractivity (Wildman–Crippen MR) is 181 cm³/mol. The Labute approximate surface area is 261 Å². The number of rotatable bonds is 6. The normalized spacial score (nSPS) is 16.0. The van der Waals surface area contributed by atoms with Gasteiger partial charge in [0, 0.05) is 40.8 Å². The van der Waals surface area contributed by atoms with Crippen LogP contribution in [0.3, 0.4) is 0 Å². The number of imide groups is 1. The van der Waals surface area contributed by atoms with Crippen LogP contribution in [0, 0.1) is 0 Å². The van der Waals surface area contributed by atoms with Crippen LogP contribution in [0.25, 0.3) is 21.7 Å². The Morgan fingerprint density at radius 3 is 2.50 bits per heavy atom. The van der Waals surface area contributed by atoms with E-state index in [-0.39, 0.29) is 0 Å². The van der Waals surface area contributed by atoms with Crippen molar-refractivity contribution in [1.82, 2.24) is 25.0 Å². The molecule has 3 amide bonds. The maximum Gasteiger partial charge on any atom is 0.328 e. The highest BCUT2D eigenvalue weighted by Crippen LogP contribution is 2.36. The number of likely N-dealkylation sites (tertiary alicyclic amines) is 1. The summed E-state index contributed by atoms with van der Waals surface area (Å²) < 4.78 is 2.14. The van der Waals surface area contributed by atoms with Crippen LogP contribution in [0.1, 0.15) is 89.7 Å². The highest BCUT2D eigenvalue weighted by atomic mass is 16.2. The van der Waals surface area contributed by atoms with Crippen LogP contribution in [-0.4, -0.2) is 58.8 Å². The van der Waals surface area contributed by atoms with Crippen molar-refractivity contribution >= 4 is 45.5 Å². The monoisotopic (exact) mass is 599 g/mol. The van der Waals surface area contributed by atoms with E-state index < -0.39 is 6.03 Å². The number of nitrogen functional groups attached to an aromatic ring is 1. The lowest BCUT2D eigenvalue weighted by atomic mass is 9.87. The molecule has 0 bridgehead atoms. The summed E-state index contributed by atoms with van der Waals surface area (Å²) in [6.07, 6.45) is 15.8. The quantitative estimate of drug-likeness (QED) is 0.178. The molecule has 44 heavy (non-hydrogen) atoms. The van der Waals surface area contributed by atoms with Gasteiger partial charge in [-0.2, -0.15) is 5.10 Å². The number of hydrogen-bond donors (Lipinski definition) is 2. The number of piperidine rings is 1. The first-order valence-corrected chi connectivity index (χ1v) is 16.3. The van der Waals surface area contributed by atoms with E-state index in [1.165, 1.54) is 37.7 Å². The standard InChI is InChI=1S/C20H26N4O2.C13H17N3.C2H6/c1-3-9-24(20(26)22-14-25)19-13-21-12-18-16(5-4-6-17(18)19)15-7-10-23(2)11-8-15;14-11-6-7-13-10(8-11)9-16(15-13)12-4-2-1-3-5-12;1-2/h4-6,12-15H,3,7-11H2,1-2H3,(H,22,25,26);6-9,12H,1-5,14H2;1-2H3. The van der Waals surface area contributed by atoms with E-state index >= 15 is 0 Å². The third kappa shape index (κ3) is 7.94. The number of nitrogens with one attached hydrogen (secondary N) is 1. The van der Waals surface area contributed by atoms with Crippen molar-refractivity contribution in [1.29, 1.82) is 0 Å². The van der Waals surface area contributed by atoms with Crippen LogP contribution < -0.4 is 16.0 Å². The van der Waals surface area contributed by atoms with Gasteiger partial charge in [0.2, 0.25) is 6.41 Å². The third-order valence-electron chi connectivity index (χ3n) is 8.64. The topological polar surface area (TPSA) is 109 Å². The molecule has 0 atom stereocenters. The summed E-state index contributed by atoms with van der Waals surface area (Å²) in [5.41, 5.74) is 9.70. The minimum absolute atomic E-state index is 0.416. The van der Waals surface area contributed by atoms with Crippen molar-refractivity contribution in [3.05, 3.63) is 60.6 Å². The number of nitrogens with two attached hydrogens (primary N) is 1. The minimum Gasteiger partial charge on any atom is -0.399 e. The van der Waals surface area contributed by atoms with Crippen LogP contribution in [0.2, 0.25) is 0 Å². The van der Waals surface area contributed by atoms with Crippen molar-refractivity contribution in [2.45, 2.75) is 84.1 Å². The summed E-state index contributed by atoms with van der Waals surface area (Å²) in [5, 5.41) is 10.1. The van der Waals surface area contributed by atoms with Gasteiger partial charge >= 0.3 is 6.03 Å². The summed E-state index contributed by atoms with van der Waals surface area (Å²) >= 11 is 0. The van der Waals surface area contributed by atoms with E-state index in [1.54, 1.807) is 11.1 Å². The van der Waals surface area contributed by atoms with Gasteiger partial charge in [-0.3, -0.25) is 24.7 Å². The molecule has 0 radical (unpaired) electrons. The zero-order valence-electron chi connectivity index (χ0n) is 26.8. The predicted octanol–water partition coefficient (Wildman–Crippen LogP) is 7.28. The van der Waals surface area contributed by atoms with Gasteiger partial charge in [-0.25, -0.2) is 4.79 Å². The van der Waals surface area contributed by atoms with Crippen LogP contribution >= 0.6 is 0 Å². The van der Waals surface area contributed by atoms with Gasteiger partial charge in [-0.1, -0.05) is 58.2 Å². The second-order valence-electron chi connectivity index (χ2n) is 11.6. The van der Waals surface area contributed by atoms with Gasteiger partial charge in [0.15, 0.2) is 0 Å². The number of pyridine rings is 1. The summed E-state index contributed by atoms with van der Waals surface area (Å²) in [4.78, 5) is 31.4. The molecule has 9 heteroatoms. The highest BCUT2D eigenvalue weighted by Gasteiger charge is 2.23. The number of anilines is 2. The molecule has 9 nitrogen and oxygen atoms in total. The smallest absolute Gasteiger partial charge is 0.328 e. The van der Waals surface area contributed by atoms with Crippen molar-refractivity contribution in [3.63, 3.8) is 0 Å². The van der Waals surface area contributed by atoms with Crippen LogP contribution in [0.15, 0.2) is 55.0 Å². The average molecular weight is 600 g/mol. The molecular formula is C35H49N7O2. The molecule has 0 spiro atoms. The maximum atomic E-state index is 12.4. The number of fused-ring (bicyclic) bond motifs is 2. The lowest BCUT2D eigenvalue weighted by Gasteiger charge is -2.30. The van der Waals surface area contributed by atoms with Crippen LogP contribution in [0.4, 0.5) is 16.2 Å². The zero-order valence-corrected chi connectivity index (χ0v) is 26.8. The molecule has 4 aromatic rings. The number of aromatic nitrogens is 3. The van der Waals surface area contributed by atoms with Gasteiger partial charge in [0.05, 0.1) is 23.4 Å². The molecule has 1 aliphatic heterocycles. The fourth-order valence-electron chi connectivity index (χ4n) is 6.37. The molecule has 3 N–H and O–H groups in total. The number of nitrogens with zero attached hydrogens (tertiary/aromatic N) is 5. The lowest BCUT2D eigenvalue weighted by molar-refractivity contribution is -0.108. The Balaban J connectivity index is 0.000000209. The van der Waals surface area contributed by atoms with Gasteiger partial charge in [-0.15, -0.1) is 0 Å². The first-order valence-electron chi connectivity index (χ1n) is 16.3. The van der Waals surface area contributed by atoms with E-state index in [4.69, 9.17) is 5.73 Å². The van der Waals surface area contributed by atoms with Gasteiger partial charge in [-0.05, 0) is 81.9 Å². The summed E-state index contributed by atoms with van der Waals surface area (Å²) in [6, 6.07) is 12.4.